The maximum atomic E-state index is 6.03. The monoisotopic (exact) mass is 211 g/mol. The van der Waals surface area contributed by atoms with E-state index in [1.807, 2.05) is 31.3 Å². The van der Waals surface area contributed by atoms with Gasteiger partial charge in [0.05, 0.1) is 16.7 Å². The van der Waals surface area contributed by atoms with Crippen molar-refractivity contribution in [3.8, 4) is 0 Å². The largest absolute Gasteiger partial charge is 0.398 e. The second kappa shape index (κ2) is 2.92. The predicted octanol–water partition coefficient (Wildman–Crippen LogP) is 2.50. The Morgan fingerprint density at radius 2 is 1.62 bits per heavy atom. The Morgan fingerprint density at radius 3 is 2.44 bits per heavy atom. The Hall–Kier alpha value is -2.16. The Kier molecular flexibility index (Phi) is 1.66. The molecule has 0 saturated carbocycles. The highest BCUT2D eigenvalue weighted by Gasteiger charge is 2.11. The summed E-state index contributed by atoms with van der Waals surface area (Å²) in [6.45, 7) is 0. The molecular weight excluding hydrogens is 198 g/mol. The maximum Gasteiger partial charge on any atom is 0.0723 e. The first-order valence-corrected chi connectivity index (χ1v) is 5.21. The summed E-state index contributed by atoms with van der Waals surface area (Å²) in [6.07, 6.45) is 0. The normalized spacial score (nSPS) is 11.3. The number of nitrogens with two attached hydrogens (primary N) is 2. The third-order valence-electron chi connectivity index (χ3n) is 3.11. The molecule has 0 aliphatic rings. The van der Waals surface area contributed by atoms with Gasteiger partial charge in [-0.15, -0.1) is 0 Å². The van der Waals surface area contributed by atoms with Crippen LogP contribution in [0.2, 0.25) is 0 Å². The van der Waals surface area contributed by atoms with Crippen LogP contribution in [-0.2, 0) is 7.05 Å². The lowest BCUT2D eigenvalue weighted by Crippen LogP contribution is -1.92. The number of aryl methyl sites for hydroxylation is 1. The summed E-state index contributed by atoms with van der Waals surface area (Å²) < 4.78 is 2.09. The summed E-state index contributed by atoms with van der Waals surface area (Å²) in [4.78, 5) is 0. The molecule has 3 nitrogen and oxygen atoms in total. The van der Waals surface area contributed by atoms with Crippen molar-refractivity contribution in [1.29, 1.82) is 0 Å². The molecule has 3 rings (SSSR count). The van der Waals surface area contributed by atoms with E-state index >= 15 is 0 Å². The van der Waals surface area contributed by atoms with Crippen molar-refractivity contribution in [2.24, 2.45) is 7.05 Å². The van der Waals surface area contributed by atoms with Gasteiger partial charge in [0.25, 0.3) is 0 Å². The summed E-state index contributed by atoms with van der Waals surface area (Å²) in [5.74, 6) is 0. The van der Waals surface area contributed by atoms with E-state index in [1.54, 1.807) is 0 Å². The maximum absolute atomic E-state index is 6.03. The number of aromatic nitrogens is 1. The molecule has 0 saturated heterocycles. The lowest BCUT2D eigenvalue weighted by Gasteiger charge is -2.00. The number of anilines is 2. The van der Waals surface area contributed by atoms with E-state index in [2.05, 4.69) is 16.7 Å². The summed E-state index contributed by atoms with van der Waals surface area (Å²) in [5, 5.41) is 2.21. The zero-order valence-electron chi connectivity index (χ0n) is 9.07. The quantitative estimate of drug-likeness (QED) is 0.561. The van der Waals surface area contributed by atoms with Crippen LogP contribution in [0.5, 0.6) is 0 Å². The van der Waals surface area contributed by atoms with Gasteiger partial charge in [0, 0.05) is 23.5 Å². The Labute approximate surface area is 93.3 Å². The molecule has 0 aliphatic heterocycles. The Bertz CT molecular complexity index is 695. The fourth-order valence-corrected chi connectivity index (χ4v) is 2.39. The number of rotatable bonds is 0. The van der Waals surface area contributed by atoms with E-state index in [-0.39, 0.29) is 0 Å². The summed E-state index contributed by atoms with van der Waals surface area (Å²) in [7, 11) is 2.01. The smallest absolute Gasteiger partial charge is 0.0723 e. The second-order valence-corrected chi connectivity index (χ2v) is 4.04. The van der Waals surface area contributed by atoms with E-state index in [9.17, 15) is 0 Å². The Balaban J connectivity index is 2.71. The van der Waals surface area contributed by atoms with Crippen LogP contribution in [0.15, 0.2) is 36.4 Å². The highest BCUT2D eigenvalue weighted by atomic mass is 15.0. The lowest BCUT2D eigenvalue weighted by atomic mass is 10.1. The molecule has 0 aliphatic carbocycles. The molecule has 0 spiro atoms. The molecule has 0 unspecified atom stereocenters. The zero-order valence-corrected chi connectivity index (χ0v) is 9.07. The van der Waals surface area contributed by atoms with Crippen molar-refractivity contribution >= 4 is 33.2 Å². The predicted molar refractivity (Wildman–Crippen MR) is 69.2 cm³/mol. The molecule has 3 heteroatoms. The van der Waals surface area contributed by atoms with Gasteiger partial charge in [-0.3, -0.25) is 0 Å². The number of para-hydroxylation sites is 1. The van der Waals surface area contributed by atoms with Crippen LogP contribution in [-0.4, -0.2) is 4.57 Å². The van der Waals surface area contributed by atoms with E-state index < -0.39 is 0 Å². The number of fused-ring (bicyclic) bond motifs is 3. The summed E-state index contributed by atoms with van der Waals surface area (Å²) in [6, 6.07) is 11.9. The van der Waals surface area contributed by atoms with Gasteiger partial charge in [0.2, 0.25) is 0 Å². The highest BCUT2D eigenvalue weighted by Crippen LogP contribution is 2.34. The molecule has 0 radical (unpaired) electrons. The highest BCUT2D eigenvalue weighted by molar-refractivity contribution is 6.16. The van der Waals surface area contributed by atoms with Gasteiger partial charge in [-0.1, -0.05) is 18.2 Å². The zero-order chi connectivity index (χ0) is 11.3. The van der Waals surface area contributed by atoms with Crippen LogP contribution in [0.4, 0.5) is 11.4 Å². The molecule has 1 aromatic heterocycles. The lowest BCUT2D eigenvalue weighted by molar-refractivity contribution is 1.02. The molecule has 2 aromatic carbocycles. The average Bonchev–Trinajstić information content (AvgIpc) is 2.56. The molecule has 0 fully saturated rings. The third kappa shape index (κ3) is 0.972. The van der Waals surface area contributed by atoms with Crippen LogP contribution in [0.3, 0.4) is 0 Å². The molecule has 0 bridgehead atoms. The molecule has 4 N–H and O–H groups in total. The standard InChI is InChI=1S/C13H13N3/c1-16-11-7-3-5-9(14)12(11)8-4-2-6-10(15)13(8)16/h2-7H,14-15H2,1H3. The molecule has 0 atom stereocenters. The van der Waals surface area contributed by atoms with Gasteiger partial charge < -0.3 is 16.0 Å². The van der Waals surface area contributed by atoms with Crippen molar-refractivity contribution in [2.75, 3.05) is 11.5 Å². The van der Waals surface area contributed by atoms with Gasteiger partial charge in [-0.05, 0) is 18.2 Å². The summed E-state index contributed by atoms with van der Waals surface area (Å²) >= 11 is 0. The van der Waals surface area contributed by atoms with Crippen LogP contribution >= 0.6 is 0 Å². The molecule has 16 heavy (non-hydrogen) atoms. The van der Waals surface area contributed by atoms with Crippen LogP contribution in [0.1, 0.15) is 0 Å². The fourth-order valence-electron chi connectivity index (χ4n) is 2.39. The number of hydrogen-bond acceptors (Lipinski definition) is 2. The van der Waals surface area contributed by atoms with Gasteiger partial charge in [-0.2, -0.15) is 0 Å². The minimum atomic E-state index is 0.788. The van der Waals surface area contributed by atoms with Gasteiger partial charge in [-0.25, -0.2) is 0 Å². The minimum Gasteiger partial charge on any atom is -0.398 e. The first kappa shape index (κ1) is 9.09. The van der Waals surface area contributed by atoms with Crippen LogP contribution < -0.4 is 11.5 Å². The van der Waals surface area contributed by atoms with Gasteiger partial charge >= 0.3 is 0 Å². The molecule has 1 heterocycles. The first-order valence-electron chi connectivity index (χ1n) is 5.21. The van der Waals surface area contributed by atoms with Crippen molar-refractivity contribution in [3.63, 3.8) is 0 Å². The van der Waals surface area contributed by atoms with Crippen molar-refractivity contribution in [1.82, 2.24) is 4.57 Å². The van der Waals surface area contributed by atoms with E-state index in [0.29, 0.717) is 0 Å². The second-order valence-electron chi connectivity index (χ2n) is 4.04. The van der Waals surface area contributed by atoms with Gasteiger partial charge in [0.15, 0.2) is 0 Å². The molecule has 3 aromatic rings. The van der Waals surface area contributed by atoms with E-state index in [4.69, 9.17) is 11.5 Å². The van der Waals surface area contributed by atoms with E-state index in [1.165, 1.54) is 0 Å². The number of benzene rings is 2. The van der Waals surface area contributed by atoms with Crippen molar-refractivity contribution in [2.45, 2.75) is 0 Å². The fraction of sp³-hybridized carbons (Fsp3) is 0.0769. The van der Waals surface area contributed by atoms with Crippen LogP contribution in [0.25, 0.3) is 21.8 Å². The third-order valence-corrected chi connectivity index (χ3v) is 3.11. The number of nitrogen functional groups attached to an aromatic ring is 2. The first-order chi connectivity index (χ1) is 7.70. The minimum absolute atomic E-state index is 0.788. The molecular formula is C13H13N3. The SMILES string of the molecule is Cn1c2cccc(N)c2c2cccc(N)c21. The topological polar surface area (TPSA) is 57.0 Å². The van der Waals surface area contributed by atoms with Gasteiger partial charge in [0.1, 0.15) is 0 Å². The number of nitrogens with zero attached hydrogens (tertiary/aromatic N) is 1. The summed E-state index contributed by atoms with van der Waals surface area (Å²) in [5.41, 5.74) is 15.8. The number of hydrogen-bond donors (Lipinski definition) is 2. The van der Waals surface area contributed by atoms with Crippen molar-refractivity contribution in [3.05, 3.63) is 36.4 Å². The molecule has 0 amide bonds. The van der Waals surface area contributed by atoms with E-state index in [0.717, 1.165) is 33.2 Å². The Morgan fingerprint density at radius 1 is 0.938 bits per heavy atom. The van der Waals surface area contributed by atoms with Crippen LogP contribution in [0, 0.1) is 0 Å². The average molecular weight is 211 g/mol. The molecule has 80 valence electrons. The van der Waals surface area contributed by atoms with Crippen molar-refractivity contribution < 1.29 is 0 Å².